The lowest BCUT2D eigenvalue weighted by atomic mass is 9.98. The molecule has 2 atom stereocenters. The van der Waals surface area contributed by atoms with Crippen LogP contribution >= 0.6 is 23.2 Å². The summed E-state index contributed by atoms with van der Waals surface area (Å²) < 4.78 is 11.2. The number of nitrogens with zero attached hydrogens (tertiary/aromatic N) is 5. The molecule has 0 bridgehead atoms. The van der Waals surface area contributed by atoms with Crippen molar-refractivity contribution in [3.05, 3.63) is 70.2 Å². The first-order valence-electron chi connectivity index (χ1n) is 16.0. The topological polar surface area (TPSA) is 135 Å². The Bertz CT molecular complexity index is 1810. The van der Waals surface area contributed by atoms with Gasteiger partial charge in [-0.2, -0.15) is 0 Å². The van der Waals surface area contributed by atoms with Crippen LogP contribution in [0.3, 0.4) is 0 Å². The second-order valence-corrected chi connectivity index (χ2v) is 13.1. The third-order valence-corrected chi connectivity index (χ3v) is 10.0. The molecule has 2 aromatic carbocycles. The Balaban J connectivity index is 1.25. The maximum Gasteiger partial charge on any atom is 0.237 e. The van der Waals surface area contributed by atoms with Gasteiger partial charge in [-0.05, 0) is 32.7 Å². The number of aliphatic hydroxyl groups excluding tert-OH is 1. The molecule has 2 fully saturated rings. The van der Waals surface area contributed by atoms with Crippen LogP contribution in [0.4, 0.5) is 0 Å². The first kappa shape index (κ1) is 34.0. The minimum Gasteiger partial charge on any atom is -0.480 e. The third kappa shape index (κ3) is 6.97. The average molecular weight is 693 g/mol. The number of hydrogen-bond donors (Lipinski definition) is 3. The molecule has 4 heterocycles. The van der Waals surface area contributed by atoms with Crippen molar-refractivity contribution in [3.8, 4) is 45.4 Å². The Hall–Kier alpha value is -3.87. The van der Waals surface area contributed by atoms with Gasteiger partial charge in [-0.3, -0.25) is 19.7 Å². The molecule has 2 saturated heterocycles. The highest BCUT2D eigenvalue weighted by atomic mass is 35.5. The number of rotatable bonds is 12. The van der Waals surface area contributed by atoms with E-state index >= 15 is 0 Å². The number of aliphatic hydroxyl groups is 1. The van der Waals surface area contributed by atoms with Crippen molar-refractivity contribution in [1.82, 2.24) is 35.5 Å². The quantitative estimate of drug-likeness (QED) is 0.180. The number of ether oxygens (including phenoxy) is 2. The summed E-state index contributed by atoms with van der Waals surface area (Å²) in [4.78, 5) is 32.6. The summed E-state index contributed by atoms with van der Waals surface area (Å²) >= 11 is 14.1. The number of halogens is 2. The van der Waals surface area contributed by atoms with Gasteiger partial charge in [0.15, 0.2) is 0 Å². The van der Waals surface area contributed by atoms with Crippen molar-refractivity contribution in [2.75, 3.05) is 33.9 Å². The molecule has 11 nitrogen and oxygen atoms in total. The van der Waals surface area contributed by atoms with Crippen LogP contribution in [-0.4, -0.2) is 81.3 Å². The highest BCUT2D eigenvalue weighted by Crippen LogP contribution is 2.42. The molecule has 48 heavy (non-hydrogen) atoms. The third-order valence-electron chi connectivity index (χ3n) is 9.21. The molecule has 0 radical (unpaired) electrons. The van der Waals surface area contributed by atoms with Gasteiger partial charge in [0.2, 0.25) is 17.7 Å². The normalized spacial score (nSPS) is 19.5. The highest BCUT2D eigenvalue weighted by Gasteiger charge is 2.36. The number of benzene rings is 2. The van der Waals surface area contributed by atoms with Gasteiger partial charge in [-0.15, -0.1) is 0 Å². The number of nitrogens with one attached hydrogen (secondary N) is 2. The van der Waals surface area contributed by atoms with Crippen molar-refractivity contribution < 1.29 is 19.4 Å². The molecule has 3 N–H and O–H groups in total. The summed E-state index contributed by atoms with van der Waals surface area (Å²) in [5, 5.41) is 17.2. The molecule has 2 aromatic heterocycles. The molecule has 2 unspecified atom stereocenters. The molecule has 2 aliphatic rings. The standard InChI is InChI=1S/C35H39Cl2N7O4/c1-35(20-45)13-6-14-44(35)19-29-34(48-3)43-27(18-40-29)25-10-5-8-23(32(25)37)22-7-4-9-24(31(22)36)26-17-39-28(33(42-26)47-2)16-38-15-21-11-12-30(46)41-21/h4-5,7-10,17-18,21,38,45H,6,11-16,19-20H2,1-3H3,(H,41,46). The fraction of sp³-hybridized carbons (Fsp3) is 0.400. The van der Waals surface area contributed by atoms with E-state index in [0.717, 1.165) is 36.9 Å². The predicted molar refractivity (Wildman–Crippen MR) is 185 cm³/mol. The molecule has 252 valence electrons. The number of carbonyl (C=O) groups excluding carboxylic acids is 1. The van der Waals surface area contributed by atoms with E-state index in [1.807, 2.05) is 36.4 Å². The van der Waals surface area contributed by atoms with Gasteiger partial charge in [0, 0.05) is 59.9 Å². The number of aromatic nitrogens is 4. The van der Waals surface area contributed by atoms with Crippen LogP contribution in [0.2, 0.25) is 10.0 Å². The fourth-order valence-electron chi connectivity index (χ4n) is 6.39. The molecular weight excluding hydrogens is 653 g/mol. The van der Waals surface area contributed by atoms with E-state index in [1.165, 1.54) is 0 Å². The molecular formula is C35H39Cl2N7O4. The predicted octanol–water partition coefficient (Wildman–Crippen LogP) is 5.31. The summed E-state index contributed by atoms with van der Waals surface area (Å²) in [6.45, 7) is 4.62. The molecule has 4 aromatic rings. The van der Waals surface area contributed by atoms with Gasteiger partial charge >= 0.3 is 0 Å². The minimum absolute atomic E-state index is 0.0825. The van der Waals surface area contributed by atoms with Crippen molar-refractivity contribution in [1.29, 1.82) is 0 Å². The van der Waals surface area contributed by atoms with Crippen LogP contribution in [0.5, 0.6) is 11.8 Å². The molecule has 0 spiro atoms. The van der Waals surface area contributed by atoms with Crippen molar-refractivity contribution in [3.63, 3.8) is 0 Å². The van der Waals surface area contributed by atoms with E-state index in [4.69, 9.17) is 47.6 Å². The van der Waals surface area contributed by atoms with E-state index in [1.54, 1.807) is 26.6 Å². The lowest BCUT2D eigenvalue weighted by molar-refractivity contribution is -0.119. The largest absolute Gasteiger partial charge is 0.480 e. The molecule has 13 heteroatoms. The number of methoxy groups -OCH3 is 2. The molecule has 0 saturated carbocycles. The van der Waals surface area contributed by atoms with Gasteiger partial charge in [0.1, 0.15) is 11.4 Å². The molecule has 2 aliphatic heterocycles. The maximum absolute atomic E-state index is 11.5. The molecule has 0 aliphatic carbocycles. The Labute approximate surface area is 290 Å². The second kappa shape index (κ2) is 14.7. The smallest absolute Gasteiger partial charge is 0.237 e. The summed E-state index contributed by atoms with van der Waals surface area (Å²) in [6, 6.07) is 11.5. The van der Waals surface area contributed by atoms with Crippen LogP contribution in [0.1, 0.15) is 44.0 Å². The number of likely N-dealkylation sites (tertiary alicyclic amines) is 1. The fourth-order valence-corrected chi connectivity index (χ4v) is 7.04. The van der Waals surface area contributed by atoms with Gasteiger partial charge in [-0.25, -0.2) is 9.97 Å². The Morgan fingerprint density at radius 1 is 0.958 bits per heavy atom. The van der Waals surface area contributed by atoms with Crippen LogP contribution in [-0.2, 0) is 17.9 Å². The van der Waals surface area contributed by atoms with E-state index in [9.17, 15) is 9.90 Å². The van der Waals surface area contributed by atoms with E-state index < -0.39 is 0 Å². The number of amides is 1. The van der Waals surface area contributed by atoms with Gasteiger partial charge in [0.25, 0.3) is 0 Å². The SMILES string of the molecule is COc1nc(-c2cccc(-c3cccc(-c4cnc(CN5CCCC5(C)CO)c(OC)n4)c3Cl)c2Cl)cnc1CNCC1CCC(=O)N1. The van der Waals surface area contributed by atoms with Gasteiger partial charge in [-0.1, -0.05) is 59.6 Å². The summed E-state index contributed by atoms with van der Waals surface area (Å²) in [5.74, 6) is 0.885. The highest BCUT2D eigenvalue weighted by molar-refractivity contribution is 6.39. The monoisotopic (exact) mass is 691 g/mol. The second-order valence-electron chi connectivity index (χ2n) is 12.4. The first-order chi connectivity index (χ1) is 23.2. The van der Waals surface area contributed by atoms with Crippen LogP contribution < -0.4 is 20.1 Å². The lowest BCUT2D eigenvalue weighted by Gasteiger charge is -2.33. The zero-order valence-corrected chi connectivity index (χ0v) is 28.7. The summed E-state index contributed by atoms with van der Waals surface area (Å²) in [7, 11) is 3.13. The minimum atomic E-state index is -0.289. The van der Waals surface area contributed by atoms with E-state index in [0.29, 0.717) is 81.8 Å². The van der Waals surface area contributed by atoms with Crippen molar-refractivity contribution in [2.24, 2.45) is 0 Å². The first-order valence-corrected chi connectivity index (χ1v) is 16.7. The average Bonchev–Trinajstić information content (AvgIpc) is 3.69. The Morgan fingerprint density at radius 3 is 2.10 bits per heavy atom. The lowest BCUT2D eigenvalue weighted by Crippen LogP contribution is -2.43. The van der Waals surface area contributed by atoms with Gasteiger partial charge in [0.05, 0.1) is 54.7 Å². The van der Waals surface area contributed by atoms with E-state index in [2.05, 4.69) is 27.4 Å². The van der Waals surface area contributed by atoms with Crippen molar-refractivity contribution in [2.45, 2.75) is 57.3 Å². The zero-order chi connectivity index (χ0) is 33.8. The van der Waals surface area contributed by atoms with E-state index in [-0.39, 0.29) is 24.1 Å². The van der Waals surface area contributed by atoms with Crippen molar-refractivity contribution >= 4 is 29.1 Å². The number of carbonyl (C=O) groups is 1. The summed E-state index contributed by atoms with van der Waals surface area (Å²) in [5.41, 5.74) is 4.99. The van der Waals surface area contributed by atoms with Crippen LogP contribution in [0.25, 0.3) is 33.6 Å². The Morgan fingerprint density at radius 2 is 1.54 bits per heavy atom. The number of hydrogen-bond acceptors (Lipinski definition) is 10. The van der Waals surface area contributed by atoms with Crippen LogP contribution in [0.15, 0.2) is 48.8 Å². The maximum atomic E-state index is 11.5. The zero-order valence-electron chi connectivity index (χ0n) is 27.2. The molecule has 6 rings (SSSR count). The summed E-state index contributed by atoms with van der Waals surface area (Å²) in [6.07, 6.45) is 6.69. The van der Waals surface area contributed by atoms with Gasteiger partial charge < -0.3 is 25.2 Å². The molecule has 1 amide bonds. The Kier molecular flexibility index (Phi) is 10.4. The van der Waals surface area contributed by atoms with Crippen LogP contribution in [0, 0.1) is 0 Å².